The smallest absolute Gasteiger partial charge is 0.314 e. The molecule has 1 fully saturated rings. The minimum Gasteiger partial charge on any atom is -0.481 e. The number of carbonyl (C=O) groups is 1. The summed E-state index contributed by atoms with van der Waals surface area (Å²) in [5, 5.41) is 18.9. The third kappa shape index (κ3) is 1.59. The zero-order valence-corrected chi connectivity index (χ0v) is 8.90. The van der Waals surface area contributed by atoms with Crippen molar-refractivity contribution in [3.05, 3.63) is 35.6 Å². The Morgan fingerprint density at radius 3 is 2.19 bits per heavy atom. The Morgan fingerprint density at radius 1 is 1.31 bits per heavy atom. The van der Waals surface area contributed by atoms with Crippen LogP contribution in [0.5, 0.6) is 0 Å². The molecule has 1 saturated carbocycles. The Kier molecular flexibility index (Phi) is 2.27. The largest absolute Gasteiger partial charge is 0.481 e. The van der Waals surface area contributed by atoms with Crippen LogP contribution in [0.25, 0.3) is 0 Å². The summed E-state index contributed by atoms with van der Waals surface area (Å²) in [6.07, 6.45) is 0.335. The number of carboxylic acid groups (broad SMARTS) is 1. The molecule has 1 aromatic carbocycles. The number of hydrogen-bond acceptors (Lipinski definition) is 2. The third-order valence-electron chi connectivity index (χ3n) is 3.17. The first-order valence-electron chi connectivity index (χ1n) is 5.08. The van der Waals surface area contributed by atoms with Crippen molar-refractivity contribution >= 4 is 5.97 Å². The van der Waals surface area contributed by atoms with Gasteiger partial charge in [-0.05, 0) is 37.5 Å². The van der Waals surface area contributed by atoms with Gasteiger partial charge in [0.15, 0.2) is 0 Å². The Bertz CT molecular complexity index is 414. The van der Waals surface area contributed by atoms with Crippen molar-refractivity contribution in [2.75, 3.05) is 0 Å². The summed E-state index contributed by atoms with van der Waals surface area (Å²) in [5.74, 6) is -1.36. The second kappa shape index (κ2) is 3.28. The minimum absolute atomic E-state index is 0.168. The van der Waals surface area contributed by atoms with E-state index in [-0.39, 0.29) is 12.8 Å². The van der Waals surface area contributed by atoms with Crippen LogP contribution in [0.2, 0.25) is 0 Å². The van der Waals surface area contributed by atoms with Crippen LogP contribution in [-0.4, -0.2) is 21.8 Å². The zero-order chi connectivity index (χ0) is 12.0. The summed E-state index contributed by atoms with van der Waals surface area (Å²) in [5.41, 5.74) is -1.45. The SMILES string of the molecule is CC1(O)CC(C(=O)O)(c2ccc(F)cc2)C1. The molecule has 16 heavy (non-hydrogen) atoms. The highest BCUT2D eigenvalue weighted by Gasteiger charge is 2.57. The van der Waals surface area contributed by atoms with Crippen molar-refractivity contribution in [2.45, 2.75) is 30.8 Å². The maximum Gasteiger partial charge on any atom is 0.314 e. The number of aliphatic hydroxyl groups is 1. The van der Waals surface area contributed by atoms with E-state index in [9.17, 15) is 19.4 Å². The van der Waals surface area contributed by atoms with Crippen molar-refractivity contribution in [1.82, 2.24) is 0 Å². The van der Waals surface area contributed by atoms with E-state index in [1.165, 1.54) is 24.3 Å². The molecule has 0 bridgehead atoms. The van der Waals surface area contributed by atoms with Crippen LogP contribution < -0.4 is 0 Å². The average molecular weight is 224 g/mol. The monoisotopic (exact) mass is 224 g/mol. The molecule has 0 aromatic heterocycles. The maximum absolute atomic E-state index is 12.8. The molecule has 1 aliphatic carbocycles. The van der Waals surface area contributed by atoms with Crippen molar-refractivity contribution in [3.8, 4) is 0 Å². The first-order valence-corrected chi connectivity index (χ1v) is 5.08. The molecule has 3 nitrogen and oxygen atoms in total. The minimum atomic E-state index is -1.06. The van der Waals surface area contributed by atoms with Crippen LogP contribution in [0, 0.1) is 5.82 Å². The molecule has 0 aliphatic heterocycles. The number of aliphatic carboxylic acids is 1. The van der Waals surface area contributed by atoms with E-state index < -0.39 is 22.8 Å². The van der Waals surface area contributed by atoms with E-state index in [2.05, 4.69) is 0 Å². The van der Waals surface area contributed by atoms with E-state index in [4.69, 9.17) is 0 Å². The number of hydrogen-bond donors (Lipinski definition) is 2. The molecule has 2 N–H and O–H groups in total. The fourth-order valence-electron chi connectivity index (χ4n) is 2.50. The molecule has 1 aromatic rings. The highest BCUT2D eigenvalue weighted by Crippen LogP contribution is 2.50. The van der Waals surface area contributed by atoms with Crippen LogP contribution in [-0.2, 0) is 10.2 Å². The standard InChI is InChI=1S/C12H13FO3/c1-11(16)6-12(7-11,10(14)15)8-2-4-9(13)5-3-8/h2-5,16H,6-7H2,1H3,(H,14,15). The molecule has 0 spiro atoms. The van der Waals surface area contributed by atoms with Crippen LogP contribution in [0.15, 0.2) is 24.3 Å². The Labute approximate surface area is 92.5 Å². The van der Waals surface area contributed by atoms with Crippen LogP contribution in [0.3, 0.4) is 0 Å². The predicted molar refractivity (Wildman–Crippen MR) is 55.6 cm³/mol. The molecule has 0 saturated heterocycles. The van der Waals surface area contributed by atoms with E-state index in [1.807, 2.05) is 0 Å². The molecule has 2 rings (SSSR count). The van der Waals surface area contributed by atoms with E-state index in [1.54, 1.807) is 6.92 Å². The first-order chi connectivity index (χ1) is 7.36. The lowest BCUT2D eigenvalue weighted by atomic mass is 9.57. The van der Waals surface area contributed by atoms with Gasteiger partial charge < -0.3 is 10.2 Å². The fraction of sp³-hybridized carbons (Fsp3) is 0.417. The van der Waals surface area contributed by atoms with E-state index >= 15 is 0 Å². The highest BCUT2D eigenvalue weighted by atomic mass is 19.1. The lowest BCUT2D eigenvalue weighted by Gasteiger charge is -2.49. The van der Waals surface area contributed by atoms with Crippen molar-refractivity contribution in [1.29, 1.82) is 0 Å². The van der Waals surface area contributed by atoms with Gasteiger partial charge in [-0.3, -0.25) is 4.79 Å². The predicted octanol–water partition coefficient (Wildman–Crippen LogP) is 1.69. The molecule has 0 atom stereocenters. The molecule has 0 radical (unpaired) electrons. The summed E-state index contributed by atoms with van der Waals surface area (Å²) >= 11 is 0. The van der Waals surface area contributed by atoms with E-state index in [0.717, 1.165) is 0 Å². The molecule has 0 heterocycles. The number of rotatable bonds is 2. The Hall–Kier alpha value is -1.42. The Morgan fingerprint density at radius 2 is 1.81 bits per heavy atom. The van der Waals surface area contributed by atoms with Gasteiger partial charge in [-0.1, -0.05) is 12.1 Å². The molecule has 4 heteroatoms. The van der Waals surface area contributed by atoms with Crippen LogP contribution >= 0.6 is 0 Å². The van der Waals surface area contributed by atoms with E-state index in [0.29, 0.717) is 5.56 Å². The number of halogens is 1. The van der Waals surface area contributed by atoms with Crippen molar-refractivity contribution < 1.29 is 19.4 Å². The molecular weight excluding hydrogens is 211 g/mol. The summed E-state index contributed by atoms with van der Waals surface area (Å²) in [6.45, 7) is 1.61. The normalized spacial score (nSPS) is 33.2. The van der Waals surface area contributed by atoms with Crippen molar-refractivity contribution in [2.24, 2.45) is 0 Å². The number of carboxylic acids is 1. The molecule has 1 aliphatic rings. The summed E-state index contributed by atoms with van der Waals surface area (Å²) < 4.78 is 12.8. The lowest BCUT2D eigenvalue weighted by Crippen LogP contribution is -2.57. The van der Waals surface area contributed by atoms with Gasteiger partial charge in [-0.25, -0.2) is 4.39 Å². The van der Waals surface area contributed by atoms with Gasteiger partial charge in [-0.15, -0.1) is 0 Å². The second-order valence-electron chi connectivity index (χ2n) is 4.74. The maximum atomic E-state index is 12.8. The average Bonchev–Trinajstić information content (AvgIpc) is 2.14. The number of benzene rings is 1. The lowest BCUT2D eigenvalue weighted by molar-refractivity contribution is -0.162. The van der Waals surface area contributed by atoms with Gasteiger partial charge in [0.1, 0.15) is 5.82 Å². The fourth-order valence-corrected chi connectivity index (χ4v) is 2.50. The van der Waals surface area contributed by atoms with Gasteiger partial charge >= 0.3 is 5.97 Å². The third-order valence-corrected chi connectivity index (χ3v) is 3.17. The summed E-state index contributed by atoms with van der Waals surface area (Å²) in [6, 6.07) is 5.43. The first kappa shape index (κ1) is 11.1. The highest BCUT2D eigenvalue weighted by molar-refractivity contribution is 5.83. The summed E-state index contributed by atoms with van der Waals surface area (Å²) in [4.78, 5) is 11.3. The molecule has 0 amide bonds. The van der Waals surface area contributed by atoms with Gasteiger partial charge in [0.25, 0.3) is 0 Å². The molecule has 0 unspecified atom stereocenters. The van der Waals surface area contributed by atoms with Gasteiger partial charge in [-0.2, -0.15) is 0 Å². The van der Waals surface area contributed by atoms with Crippen LogP contribution in [0.1, 0.15) is 25.3 Å². The summed E-state index contributed by atoms with van der Waals surface area (Å²) in [7, 11) is 0. The second-order valence-corrected chi connectivity index (χ2v) is 4.74. The zero-order valence-electron chi connectivity index (χ0n) is 8.90. The van der Waals surface area contributed by atoms with Gasteiger partial charge in [0.2, 0.25) is 0 Å². The molecular formula is C12H13FO3. The van der Waals surface area contributed by atoms with Crippen LogP contribution in [0.4, 0.5) is 4.39 Å². The Balaban J connectivity index is 2.36. The van der Waals surface area contributed by atoms with Crippen molar-refractivity contribution in [3.63, 3.8) is 0 Å². The van der Waals surface area contributed by atoms with Gasteiger partial charge in [0.05, 0.1) is 11.0 Å². The molecule has 86 valence electrons. The van der Waals surface area contributed by atoms with Gasteiger partial charge in [0, 0.05) is 0 Å². The topological polar surface area (TPSA) is 57.5 Å². The quantitative estimate of drug-likeness (QED) is 0.803.